The summed E-state index contributed by atoms with van der Waals surface area (Å²) in [5, 5.41) is 0.915. The van der Waals surface area contributed by atoms with Gasteiger partial charge in [-0.25, -0.2) is 8.42 Å². The number of carbonyl (C=O) groups excluding carboxylic acids is 1. The highest BCUT2D eigenvalue weighted by atomic mass is 32.2. The van der Waals surface area contributed by atoms with E-state index in [0.29, 0.717) is 17.8 Å². The molecular formula is C22H25NO5S. The van der Waals surface area contributed by atoms with Gasteiger partial charge in [-0.2, -0.15) is 0 Å². The topological polar surface area (TPSA) is 80.7 Å². The lowest BCUT2D eigenvalue weighted by atomic mass is 10.1. The second kappa shape index (κ2) is 7.06. The molecule has 4 rings (SSSR count). The van der Waals surface area contributed by atoms with Crippen molar-refractivity contribution in [1.29, 1.82) is 0 Å². The van der Waals surface area contributed by atoms with Crippen LogP contribution in [0.5, 0.6) is 0 Å². The normalized spacial score (nSPS) is 18.4. The molecule has 0 bridgehead atoms. The fourth-order valence-corrected chi connectivity index (χ4v) is 5.86. The van der Waals surface area contributed by atoms with E-state index < -0.39 is 15.9 Å². The lowest BCUT2D eigenvalue weighted by Gasteiger charge is -2.26. The molecule has 3 aromatic rings. The molecule has 1 aliphatic heterocycles. The summed E-state index contributed by atoms with van der Waals surface area (Å²) in [6, 6.07) is 7.29. The minimum Gasteiger partial charge on any atom is -0.464 e. The monoisotopic (exact) mass is 415 g/mol. The van der Waals surface area contributed by atoms with E-state index in [-0.39, 0.29) is 29.7 Å². The van der Waals surface area contributed by atoms with Gasteiger partial charge in [0.05, 0.1) is 18.1 Å². The van der Waals surface area contributed by atoms with Crippen molar-refractivity contribution in [3.05, 3.63) is 58.2 Å². The van der Waals surface area contributed by atoms with E-state index in [1.807, 2.05) is 52.0 Å². The Hall–Kier alpha value is -2.54. The quantitative estimate of drug-likeness (QED) is 0.641. The molecule has 1 fully saturated rings. The van der Waals surface area contributed by atoms with Crippen LogP contribution in [0.1, 0.15) is 45.2 Å². The van der Waals surface area contributed by atoms with Crippen molar-refractivity contribution in [2.24, 2.45) is 0 Å². The Kier molecular flexibility index (Phi) is 4.81. The van der Waals surface area contributed by atoms with Crippen molar-refractivity contribution in [3.63, 3.8) is 0 Å². The van der Waals surface area contributed by atoms with Crippen molar-refractivity contribution >= 4 is 26.7 Å². The van der Waals surface area contributed by atoms with Gasteiger partial charge in [-0.1, -0.05) is 6.07 Å². The zero-order valence-corrected chi connectivity index (χ0v) is 17.9. The van der Waals surface area contributed by atoms with E-state index in [9.17, 15) is 13.2 Å². The third-order valence-electron chi connectivity index (χ3n) is 5.59. The third-order valence-corrected chi connectivity index (χ3v) is 7.34. The molecule has 0 radical (unpaired) electrons. The molecule has 1 saturated heterocycles. The zero-order valence-electron chi connectivity index (χ0n) is 17.1. The van der Waals surface area contributed by atoms with Crippen LogP contribution in [0.3, 0.4) is 0 Å². The summed E-state index contributed by atoms with van der Waals surface area (Å²) in [5.74, 6) is 1.40. The molecule has 1 amide bonds. The minimum atomic E-state index is -3.15. The first-order chi connectivity index (χ1) is 13.6. The summed E-state index contributed by atoms with van der Waals surface area (Å²) in [5.41, 5.74) is 3.55. The van der Waals surface area contributed by atoms with E-state index >= 15 is 0 Å². The fraction of sp³-hybridized carbons (Fsp3) is 0.409. The number of sulfone groups is 1. The second-order valence-electron chi connectivity index (χ2n) is 8.02. The summed E-state index contributed by atoms with van der Waals surface area (Å²) < 4.78 is 35.8. The van der Waals surface area contributed by atoms with Crippen LogP contribution >= 0.6 is 0 Å². The zero-order chi connectivity index (χ0) is 20.9. The summed E-state index contributed by atoms with van der Waals surface area (Å²) in [7, 11) is -3.15. The molecule has 0 saturated carbocycles. The number of rotatable bonds is 4. The first-order valence-corrected chi connectivity index (χ1v) is 11.5. The molecule has 0 unspecified atom stereocenters. The highest BCUT2D eigenvalue weighted by molar-refractivity contribution is 7.91. The number of carbonyl (C=O) groups is 1. The van der Waals surface area contributed by atoms with Gasteiger partial charge < -0.3 is 13.7 Å². The van der Waals surface area contributed by atoms with Gasteiger partial charge in [0, 0.05) is 17.0 Å². The van der Waals surface area contributed by atoms with Gasteiger partial charge in [-0.15, -0.1) is 0 Å². The average Bonchev–Trinajstić information content (AvgIpc) is 3.30. The Labute approximate surface area is 170 Å². The van der Waals surface area contributed by atoms with Crippen molar-refractivity contribution < 1.29 is 22.0 Å². The number of fused-ring (bicyclic) bond motifs is 1. The summed E-state index contributed by atoms with van der Waals surface area (Å²) in [6.07, 6.45) is 0.422. The second-order valence-corrected chi connectivity index (χ2v) is 10.2. The van der Waals surface area contributed by atoms with Crippen LogP contribution in [0.4, 0.5) is 0 Å². The summed E-state index contributed by atoms with van der Waals surface area (Å²) in [4.78, 5) is 15.1. The Morgan fingerprint density at radius 3 is 2.52 bits per heavy atom. The summed E-state index contributed by atoms with van der Waals surface area (Å²) in [6.45, 7) is 7.89. The van der Waals surface area contributed by atoms with Crippen LogP contribution in [0.15, 0.2) is 33.1 Å². The molecule has 3 heterocycles. The van der Waals surface area contributed by atoms with Crippen molar-refractivity contribution in [1.82, 2.24) is 4.90 Å². The SMILES string of the molecule is Cc1cc(C)c2oc(C(=O)N(Cc3ccc(C)o3)[C@H]3CCS(=O)(=O)C3)c(C)c2c1. The van der Waals surface area contributed by atoms with Crippen molar-refractivity contribution in [2.75, 3.05) is 11.5 Å². The van der Waals surface area contributed by atoms with Crippen LogP contribution in [0.2, 0.25) is 0 Å². The molecule has 1 aliphatic rings. The van der Waals surface area contributed by atoms with E-state index in [0.717, 1.165) is 27.8 Å². The van der Waals surface area contributed by atoms with E-state index in [1.54, 1.807) is 4.90 Å². The molecule has 29 heavy (non-hydrogen) atoms. The molecule has 154 valence electrons. The van der Waals surface area contributed by atoms with Gasteiger partial charge in [0.25, 0.3) is 5.91 Å². The molecule has 7 heteroatoms. The first kappa shape index (κ1) is 19.8. The number of nitrogens with zero attached hydrogens (tertiary/aromatic N) is 1. The number of hydrogen-bond acceptors (Lipinski definition) is 5. The average molecular weight is 416 g/mol. The maximum Gasteiger partial charge on any atom is 0.290 e. The Morgan fingerprint density at radius 2 is 1.90 bits per heavy atom. The molecule has 1 aromatic carbocycles. The van der Waals surface area contributed by atoms with Crippen LogP contribution in [-0.4, -0.2) is 36.8 Å². The van der Waals surface area contributed by atoms with E-state index in [2.05, 4.69) is 0 Å². The molecule has 1 atom stereocenters. The maximum absolute atomic E-state index is 13.5. The molecule has 0 spiro atoms. The van der Waals surface area contributed by atoms with Crippen molar-refractivity contribution in [3.8, 4) is 0 Å². The molecule has 2 aromatic heterocycles. The Bertz CT molecular complexity index is 1200. The number of hydrogen-bond donors (Lipinski definition) is 0. The van der Waals surface area contributed by atoms with Crippen LogP contribution in [0.25, 0.3) is 11.0 Å². The predicted octanol–water partition coefficient (Wildman–Crippen LogP) is 4.09. The van der Waals surface area contributed by atoms with E-state index in [4.69, 9.17) is 8.83 Å². The summed E-state index contributed by atoms with van der Waals surface area (Å²) >= 11 is 0. The van der Waals surface area contributed by atoms with Crippen LogP contribution < -0.4 is 0 Å². The lowest BCUT2D eigenvalue weighted by molar-refractivity contribution is 0.0634. The van der Waals surface area contributed by atoms with Crippen LogP contribution in [0, 0.1) is 27.7 Å². The Balaban J connectivity index is 1.76. The first-order valence-electron chi connectivity index (χ1n) is 9.71. The maximum atomic E-state index is 13.5. The Morgan fingerprint density at radius 1 is 1.14 bits per heavy atom. The fourth-order valence-electron chi connectivity index (χ4n) is 4.13. The van der Waals surface area contributed by atoms with Gasteiger partial charge in [-0.3, -0.25) is 4.79 Å². The standard InChI is InChI=1S/C22H25NO5S/c1-13-9-14(2)20-19(10-13)16(4)21(28-20)22(24)23(11-18-6-5-15(3)27-18)17-7-8-29(25,26)12-17/h5-6,9-10,17H,7-8,11-12H2,1-4H3/t17-/m0/s1. The number of furan rings is 2. The van der Waals surface area contributed by atoms with E-state index in [1.165, 1.54) is 0 Å². The smallest absolute Gasteiger partial charge is 0.290 e. The molecule has 0 N–H and O–H groups in total. The third kappa shape index (κ3) is 3.71. The van der Waals surface area contributed by atoms with Gasteiger partial charge in [0.15, 0.2) is 15.6 Å². The van der Waals surface area contributed by atoms with Gasteiger partial charge in [-0.05, 0) is 63.4 Å². The van der Waals surface area contributed by atoms with Gasteiger partial charge in [0.2, 0.25) is 0 Å². The lowest BCUT2D eigenvalue weighted by Crippen LogP contribution is -2.40. The van der Waals surface area contributed by atoms with Crippen molar-refractivity contribution in [2.45, 2.75) is 46.7 Å². The highest BCUT2D eigenvalue weighted by Crippen LogP contribution is 2.31. The largest absolute Gasteiger partial charge is 0.464 e. The number of aryl methyl sites for hydroxylation is 4. The van der Waals surface area contributed by atoms with Crippen LogP contribution in [-0.2, 0) is 16.4 Å². The highest BCUT2D eigenvalue weighted by Gasteiger charge is 2.37. The molecule has 0 aliphatic carbocycles. The minimum absolute atomic E-state index is 0.0319. The molecule has 6 nitrogen and oxygen atoms in total. The number of benzene rings is 1. The predicted molar refractivity (Wildman–Crippen MR) is 111 cm³/mol. The van der Waals surface area contributed by atoms with Gasteiger partial charge >= 0.3 is 0 Å². The number of amides is 1. The van der Waals surface area contributed by atoms with Gasteiger partial charge in [0.1, 0.15) is 17.1 Å². The molecular weight excluding hydrogens is 390 g/mol.